The number of rotatable bonds is 6. The van der Waals surface area contributed by atoms with E-state index in [2.05, 4.69) is 218 Å². The van der Waals surface area contributed by atoms with Crippen molar-refractivity contribution in [1.29, 1.82) is 0 Å². The van der Waals surface area contributed by atoms with E-state index in [-0.39, 0.29) is 0 Å². The smallest absolute Gasteiger partial charge is 0.0541 e. The maximum atomic E-state index is 2.40. The first-order valence-electron chi connectivity index (χ1n) is 19.1. The van der Waals surface area contributed by atoms with Crippen LogP contribution in [0.25, 0.3) is 89.4 Å². The maximum Gasteiger partial charge on any atom is 0.0541 e. The summed E-state index contributed by atoms with van der Waals surface area (Å²) in [6.07, 6.45) is 4.40. The molecule has 0 saturated carbocycles. The van der Waals surface area contributed by atoms with Crippen molar-refractivity contribution >= 4 is 55.8 Å². The second-order valence-electron chi connectivity index (χ2n) is 14.9. The van der Waals surface area contributed by atoms with E-state index in [1.807, 2.05) is 0 Å². The van der Waals surface area contributed by atoms with E-state index in [0.29, 0.717) is 0 Å². The molecule has 2 aromatic heterocycles. The summed E-state index contributed by atoms with van der Waals surface area (Å²) in [5.41, 5.74) is 18.3. The second kappa shape index (κ2) is 13.2. The quantitative estimate of drug-likeness (QED) is 0.153. The number of aryl methyl sites for hydroxylation is 3. The SMILES string of the molecule is Cc1ccc(-n2c3ccccc3c3cc(-c4ccc(/C=C/c5ccc(-c6cccc(-n7c8ccc(C)cc8c8cc(C)ccc87)c6)cc5)cc4)ccc32)cc1. The minimum absolute atomic E-state index is 1.17. The number of hydrogen-bond acceptors (Lipinski definition) is 0. The predicted octanol–water partition coefficient (Wildman–Crippen LogP) is 14.3. The van der Waals surface area contributed by atoms with Gasteiger partial charge in [-0.1, -0.05) is 138 Å². The Morgan fingerprint density at radius 1 is 0.309 bits per heavy atom. The zero-order valence-electron chi connectivity index (χ0n) is 31.3. The lowest BCUT2D eigenvalue weighted by molar-refractivity contribution is 1.17. The summed E-state index contributed by atoms with van der Waals surface area (Å²) in [7, 11) is 0. The summed E-state index contributed by atoms with van der Waals surface area (Å²) in [6.45, 7) is 6.47. The largest absolute Gasteiger partial charge is 0.309 e. The van der Waals surface area contributed by atoms with Crippen molar-refractivity contribution in [2.45, 2.75) is 20.8 Å². The third-order valence-corrected chi connectivity index (χ3v) is 11.1. The molecule has 55 heavy (non-hydrogen) atoms. The molecule has 0 radical (unpaired) electrons. The van der Waals surface area contributed by atoms with Crippen LogP contribution in [0.5, 0.6) is 0 Å². The van der Waals surface area contributed by atoms with Gasteiger partial charge in [0.05, 0.1) is 22.1 Å². The van der Waals surface area contributed by atoms with Gasteiger partial charge in [-0.3, -0.25) is 0 Å². The van der Waals surface area contributed by atoms with Gasteiger partial charge in [-0.05, 0) is 121 Å². The molecule has 0 aliphatic heterocycles. The van der Waals surface area contributed by atoms with Gasteiger partial charge < -0.3 is 9.13 Å². The molecule has 0 N–H and O–H groups in total. The topological polar surface area (TPSA) is 9.86 Å². The number of benzene rings is 8. The first-order valence-corrected chi connectivity index (χ1v) is 19.1. The Morgan fingerprint density at radius 2 is 0.782 bits per heavy atom. The lowest BCUT2D eigenvalue weighted by Crippen LogP contribution is -1.94. The van der Waals surface area contributed by atoms with E-state index in [4.69, 9.17) is 0 Å². The highest BCUT2D eigenvalue weighted by atomic mass is 15.0. The molecule has 0 bridgehead atoms. The van der Waals surface area contributed by atoms with Crippen molar-refractivity contribution in [3.63, 3.8) is 0 Å². The number of aromatic nitrogens is 2. The Morgan fingerprint density at radius 3 is 1.40 bits per heavy atom. The molecule has 0 aliphatic rings. The molecule has 0 saturated heterocycles. The molecule has 0 atom stereocenters. The lowest BCUT2D eigenvalue weighted by Gasteiger charge is -2.11. The molecular weight excluding hydrogens is 665 g/mol. The minimum Gasteiger partial charge on any atom is -0.309 e. The zero-order valence-corrected chi connectivity index (χ0v) is 31.3. The normalized spacial score (nSPS) is 11.8. The van der Waals surface area contributed by atoms with Crippen LogP contribution in [-0.4, -0.2) is 9.13 Å². The molecule has 0 amide bonds. The van der Waals surface area contributed by atoms with Crippen LogP contribution in [0.4, 0.5) is 0 Å². The fourth-order valence-corrected chi connectivity index (χ4v) is 8.24. The van der Waals surface area contributed by atoms with Crippen molar-refractivity contribution in [2.75, 3.05) is 0 Å². The first kappa shape index (κ1) is 32.7. The van der Waals surface area contributed by atoms with Crippen molar-refractivity contribution < 1.29 is 0 Å². The molecule has 262 valence electrons. The highest BCUT2D eigenvalue weighted by Gasteiger charge is 2.15. The zero-order chi connectivity index (χ0) is 37.0. The second-order valence-corrected chi connectivity index (χ2v) is 14.9. The summed E-state index contributed by atoms with van der Waals surface area (Å²) >= 11 is 0. The van der Waals surface area contributed by atoms with E-state index in [1.165, 1.54) is 105 Å². The Balaban J connectivity index is 0.899. The fourth-order valence-electron chi connectivity index (χ4n) is 8.24. The van der Waals surface area contributed by atoms with Gasteiger partial charge in [0.2, 0.25) is 0 Å². The highest BCUT2D eigenvalue weighted by Crippen LogP contribution is 2.36. The van der Waals surface area contributed by atoms with Crippen molar-refractivity contribution in [1.82, 2.24) is 9.13 Å². The molecule has 2 heteroatoms. The molecular formula is C53H40N2. The van der Waals surface area contributed by atoms with Gasteiger partial charge in [-0.15, -0.1) is 0 Å². The molecule has 8 aromatic carbocycles. The lowest BCUT2D eigenvalue weighted by atomic mass is 10.0. The first-order chi connectivity index (χ1) is 27.0. The van der Waals surface area contributed by atoms with Gasteiger partial charge in [-0.25, -0.2) is 0 Å². The van der Waals surface area contributed by atoms with E-state index in [1.54, 1.807) is 0 Å². The summed E-state index contributed by atoms with van der Waals surface area (Å²) in [5, 5.41) is 5.14. The van der Waals surface area contributed by atoms with Crippen LogP contribution in [0.1, 0.15) is 27.8 Å². The van der Waals surface area contributed by atoms with Crippen LogP contribution < -0.4 is 0 Å². The van der Waals surface area contributed by atoms with Crippen molar-refractivity contribution in [3.05, 3.63) is 204 Å². The van der Waals surface area contributed by atoms with E-state index < -0.39 is 0 Å². The van der Waals surface area contributed by atoms with Gasteiger partial charge in [0, 0.05) is 32.9 Å². The highest BCUT2D eigenvalue weighted by molar-refractivity contribution is 6.11. The van der Waals surface area contributed by atoms with Crippen molar-refractivity contribution in [3.8, 4) is 33.6 Å². The van der Waals surface area contributed by atoms with Gasteiger partial charge >= 0.3 is 0 Å². The van der Waals surface area contributed by atoms with Gasteiger partial charge in [0.1, 0.15) is 0 Å². The molecule has 0 aliphatic carbocycles. The maximum absolute atomic E-state index is 2.40. The van der Waals surface area contributed by atoms with Crippen molar-refractivity contribution in [2.24, 2.45) is 0 Å². The Kier molecular flexibility index (Phi) is 7.85. The number of fused-ring (bicyclic) bond motifs is 6. The Hall–Kier alpha value is -6.90. The standard InChI is InChI=1S/C53H40N2/c1-35-11-26-44(27-12-35)54-50-10-5-4-9-46(50)49-34-43(25-30-53(49)54)41-23-19-39(20-24-41)16-15-38-17-21-40(22-18-38)42-7-6-8-45(33-42)55-51-28-13-36(2)31-47(51)48-32-37(3)14-29-52(48)55/h4-34H,1-3H3/b16-15+. The van der Waals surface area contributed by atoms with Crippen LogP contribution in [0.2, 0.25) is 0 Å². The summed E-state index contributed by atoms with van der Waals surface area (Å²) < 4.78 is 4.78. The van der Waals surface area contributed by atoms with Gasteiger partial charge in [-0.2, -0.15) is 0 Å². The minimum atomic E-state index is 1.17. The molecule has 0 spiro atoms. The number of nitrogens with zero attached hydrogens (tertiary/aromatic N) is 2. The van der Waals surface area contributed by atoms with Crippen LogP contribution in [-0.2, 0) is 0 Å². The number of para-hydroxylation sites is 1. The summed E-state index contributed by atoms with van der Waals surface area (Å²) in [4.78, 5) is 0. The average Bonchev–Trinajstić information content (AvgIpc) is 3.72. The average molecular weight is 705 g/mol. The van der Waals surface area contributed by atoms with Crippen LogP contribution in [0.15, 0.2) is 176 Å². The molecule has 0 fully saturated rings. The van der Waals surface area contributed by atoms with Gasteiger partial charge in [0.15, 0.2) is 0 Å². The van der Waals surface area contributed by atoms with Gasteiger partial charge in [0.25, 0.3) is 0 Å². The molecule has 10 aromatic rings. The molecule has 10 rings (SSSR count). The Bertz CT molecular complexity index is 3020. The predicted molar refractivity (Wildman–Crippen MR) is 236 cm³/mol. The van der Waals surface area contributed by atoms with E-state index >= 15 is 0 Å². The number of hydrogen-bond donors (Lipinski definition) is 0. The monoisotopic (exact) mass is 704 g/mol. The fraction of sp³-hybridized carbons (Fsp3) is 0.0566. The molecule has 0 unspecified atom stereocenters. The molecule has 2 heterocycles. The third-order valence-electron chi connectivity index (χ3n) is 11.1. The Labute approximate surface area is 321 Å². The third kappa shape index (κ3) is 5.84. The van der Waals surface area contributed by atoms with Crippen LogP contribution in [0, 0.1) is 20.8 Å². The molecule has 2 nitrogen and oxygen atoms in total. The van der Waals surface area contributed by atoms with E-state index in [0.717, 1.165) is 0 Å². The summed E-state index contributed by atoms with van der Waals surface area (Å²) in [6, 6.07) is 64.6. The van der Waals surface area contributed by atoms with Crippen LogP contribution >= 0.6 is 0 Å². The summed E-state index contributed by atoms with van der Waals surface area (Å²) in [5.74, 6) is 0. The van der Waals surface area contributed by atoms with E-state index in [9.17, 15) is 0 Å². The van der Waals surface area contributed by atoms with Crippen LogP contribution in [0.3, 0.4) is 0 Å².